The lowest BCUT2D eigenvalue weighted by Gasteiger charge is -2.21. The van der Waals surface area contributed by atoms with Gasteiger partial charge in [-0.15, -0.1) is 0 Å². The number of rotatable bonds is 8. The molecule has 1 aliphatic rings. The Morgan fingerprint density at radius 1 is 1.23 bits per heavy atom. The molecule has 0 saturated carbocycles. The molecule has 1 saturated heterocycles. The van der Waals surface area contributed by atoms with Crippen LogP contribution in [0.4, 0.5) is 5.69 Å². The Kier molecular flexibility index (Phi) is 6.98. The van der Waals surface area contributed by atoms with E-state index in [2.05, 4.69) is 10.6 Å². The molecule has 9 heteroatoms. The van der Waals surface area contributed by atoms with Crippen LogP contribution in [0.15, 0.2) is 24.3 Å². The number of ether oxygens (including phenoxy) is 1. The van der Waals surface area contributed by atoms with Crippen LogP contribution in [0.2, 0.25) is 0 Å². The molecule has 0 bridgehead atoms. The molecule has 0 aliphatic carbocycles. The molecule has 26 heavy (non-hydrogen) atoms. The second-order valence-electron chi connectivity index (χ2n) is 6.22. The number of carbonyl (C=O) groups excluding carboxylic acids is 2. The van der Waals surface area contributed by atoms with Gasteiger partial charge in [-0.2, -0.15) is 0 Å². The Morgan fingerprint density at radius 3 is 2.54 bits per heavy atom. The van der Waals surface area contributed by atoms with E-state index in [0.29, 0.717) is 24.4 Å². The minimum atomic E-state index is -3.04. The van der Waals surface area contributed by atoms with Gasteiger partial charge in [-0.05, 0) is 25.1 Å². The molecule has 2 N–H and O–H groups in total. The normalized spacial score (nSPS) is 18.5. The first-order valence-electron chi connectivity index (χ1n) is 8.48. The van der Waals surface area contributed by atoms with Crippen molar-refractivity contribution in [2.75, 3.05) is 43.6 Å². The van der Waals surface area contributed by atoms with Crippen molar-refractivity contribution in [3.05, 3.63) is 24.3 Å². The number of carbonyl (C=O) groups is 2. The molecular formula is C17H25N3O5S. The van der Waals surface area contributed by atoms with Crippen LogP contribution in [-0.4, -0.2) is 69.4 Å². The minimum absolute atomic E-state index is 0.0147. The Morgan fingerprint density at radius 2 is 1.92 bits per heavy atom. The highest BCUT2D eigenvalue weighted by molar-refractivity contribution is 7.91. The lowest BCUT2D eigenvalue weighted by Crippen LogP contribution is -2.44. The highest BCUT2D eigenvalue weighted by Crippen LogP contribution is 2.22. The average molecular weight is 383 g/mol. The molecule has 0 spiro atoms. The summed E-state index contributed by atoms with van der Waals surface area (Å²) in [6.45, 7) is 2.44. The number of hydrogen-bond donors (Lipinski definition) is 2. The first kappa shape index (κ1) is 20.2. The summed E-state index contributed by atoms with van der Waals surface area (Å²) in [6, 6.07) is 6.74. The summed E-state index contributed by atoms with van der Waals surface area (Å²) in [5.41, 5.74) is 0.566. The van der Waals surface area contributed by atoms with Gasteiger partial charge >= 0.3 is 0 Å². The van der Waals surface area contributed by atoms with E-state index < -0.39 is 9.84 Å². The molecule has 8 nitrogen and oxygen atoms in total. The third-order valence-electron chi connectivity index (χ3n) is 4.16. The smallest absolute Gasteiger partial charge is 0.238 e. The summed E-state index contributed by atoms with van der Waals surface area (Å²) in [5.74, 6) is 0.117. The summed E-state index contributed by atoms with van der Waals surface area (Å²) in [4.78, 5) is 26.0. The molecule has 144 valence electrons. The zero-order chi connectivity index (χ0) is 19.2. The van der Waals surface area contributed by atoms with Gasteiger partial charge in [0.1, 0.15) is 5.75 Å². The van der Waals surface area contributed by atoms with Crippen molar-refractivity contribution >= 4 is 27.3 Å². The number of benzene rings is 1. The van der Waals surface area contributed by atoms with Crippen LogP contribution in [-0.2, 0) is 19.4 Å². The van der Waals surface area contributed by atoms with E-state index >= 15 is 0 Å². The fraction of sp³-hybridized carbons (Fsp3) is 0.529. The van der Waals surface area contributed by atoms with Crippen LogP contribution in [0.5, 0.6) is 5.75 Å². The first-order chi connectivity index (χ1) is 12.3. The predicted molar refractivity (Wildman–Crippen MR) is 98.9 cm³/mol. The molecule has 1 heterocycles. The summed E-state index contributed by atoms with van der Waals surface area (Å²) in [7, 11) is -1.51. The van der Waals surface area contributed by atoms with Gasteiger partial charge in [-0.3, -0.25) is 14.5 Å². The number of nitrogens with one attached hydrogen (secondary N) is 2. The first-order valence-corrected chi connectivity index (χ1v) is 10.3. The lowest BCUT2D eigenvalue weighted by atomic mass is 10.2. The maximum Gasteiger partial charge on any atom is 0.238 e. The second kappa shape index (κ2) is 9.00. The van der Waals surface area contributed by atoms with E-state index in [-0.39, 0.29) is 42.5 Å². The number of likely N-dealkylation sites (N-methyl/N-ethyl adjacent to an activating group) is 1. The molecule has 1 aromatic carbocycles. The highest BCUT2D eigenvalue weighted by Gasteiger charge is 2.29. The van der Waals surface area contributed by atoms with Gasteiger partial charge in [0, 0.05) is 6.04 Å². The van der Waals surface area contributed by atoms with Crippen molar-refractivity contribution in [2.45, 2.75) is 19.4 Å². The van der Waals surface area contributed by atoms with Gasteiger partial charge in [0.25, 0.3) is 0 Å². The Labute approximate surface area is 153 Å². The fourth-order valence-corrected chi connectivity index (χ4v) is 4.48. The van der Waals surface area contributed by atoms with Crippen LogP contribution in [0.3, 0.4) is 0 Å². The standard InChI is InChI=1S/C17H25N3O5S/c1-3-20(10-16(21)18-13-8-9-26(23,24)12-13)11-17(22)19-14-6-4-5-7-15(14)25-2/h4-7,13H,3,8-12H2,1-2H3,(H,18,21)(H,19,22)/t13-/m0/s1. The quantitative estimate of drug-likeness (QED) is 0.667. The molecular weight excluding hydrogens is 358 g/mol. The van der Waals surface area contributed by atoms with Crippen LogP contribution in [0.1, 0.15) is 13.3 Å². The number of hydrogen-bond acceptors (Lipinski definition) is 6. The fourth-order valence-electron chi connectivity index (χ4n) is 2.81. The van der Waals surface area contributed by atoms with E-state index in [1.807, 2.05) is 6.92 Å². The molecule has 2 amide bonds. The SMILES string of the molecule is CCN(CC(=O)Nc1ccccc1OC)CC(=O)N[C@H]1CCS(=O)(=O)C1. The Balaban J connectivity index is 1.84. The molecule has 1 aromatic rings. The van der Waals surface area contributed by atoms with Crippen LogP contribution >= 0.6 is 0 Å². The summed E-state index contributed by atoms with van der Waals surface area (Å²) in [5, 5.41) is 5.50. The molecule has 2 rings (SSSR count). The largest absolute Gasteiger partial charge is 0.495 e. The summed E-state index contributed by atoms with van der Waals surface area (Å²) >= 11 is 0. The predicted octanol–water partition coefficient (Wildman–Crippen LogP) is 0.259. The number of nitrogens with zero attached hydrogens (tertiary/aromatic N) is 1. The van der Waals surface area contributed by atoms with E-state index in [4.69, 9.17) is 4.74 Å². The highest BCUT2D eigenvalue weighted by atomic mass is 32.2. The second-order valence-corrected chi connectivity index (χ2v) is 8.45. The molecule has 0 unspecified atom stereocenters. The molecule has 1 atom stereocenters. The third kappa shape index (κ3) is 5.99. The van der Waals surface area contributed by atoms with Crippen molar-refractivity contribution in [2.24, 2.45) is 0 Å². The summed E-state index contributed by atoms with van der Waals surface area (Å²) < 4.78 is 28.1. The number of para-hydroxylation sites is 2. The number of anilines is 1. The third-order valence-corrected chi connectivity index (χ3v) is 5.93. The zero-order valence-electron chi connectivity index (χ0n) is 15.0. The van der Waals surface area contributed by atoms with Gasteiger partial charge in [-0.1, -0.05) is 19.1 Å². The van der Waals surface area contributed by atoms with Crippen molar-refractivity contribution < 1.29 is 22.7 Å². The van der Waals surface area contributed by atoms with E-state index in [0.717, 1.165) is 0 Å². The lowest BCUT2D eigenvalue weighted by molar-refractivity contribution is -0.123. The van der Waals surface area contributed by atoms with E-state index in [1.165, 1.54) is 7.11 Å². The van der Waals surface area contributed by atoms with Crippen molar-refractivity contribution in [1.29, 1.82) is 0 Å². The van der Waals surface area contributed by atoms with Crippen molar-refractivity contribution in [3.8, 4) is 5.75 Å². The molecule has 0 radical (unpaired) electrons. The van der Waals surface area contributed by atoms with Crippen LogP contribution in [0, 0.1) is 0 Å². The van der Waals surface area contributed by atoms with Gasteiger partial charge in [-0.25, -0.2) is 8.42 Å². The Hall–Kier alpha value is -2.13. The van der Waals surface area contributed by atoms with E-state index in [9.17, 15) is 18.0 Å². The number of methoxy groups -OCH3 is 1. The molecule has 1 fully saturated rings. The van der Waals surface area contributed by atoms with Crippen LogP contribution < -0.4 is 15.4 Å². The van der Waals surface area contributed by atoms with Gasteiger partial charge < -0.3 is 15.4 Å². The summed E-state index contributed by atoms with van der Waals surface area (Å²) in [6.07, 6.45) is 0.439. The van der Waals surface area contributed by atoms with Gasteiger partial charge in [0.15, 0.2) is 9.84 Å². The van der Waals surface area contributed by atoms with E-state index in [1.54, 1.807) is 29.2 Å². The van der Waals surface area contributed by atoms with Gasteiger partial charge in [0.05, 0.1) is 37.4 Å². The minimum Gasteiger partial charge on any atom is -0.495 e. The topological polar surface area (TPSA) is 105 Å². The molecule has 1 aliphatic heterocycles. The maximum absolute atomic E-state index is 12.2. The Bertz CT molecular complexity index is 751. The molecule has 0 aromatic heterocycles. The maximum atomic E-state index is 12.2. The average Bonchev–Trinajstić information content (AvgIpc) is 2.93. The number of amides is 2. The zero-order valence-corrected chi connectivity index (χ0v) is 15.8. The number of sulfone groups is 1. The van der Waals surface area contributed by atoms with Crippen LogP contribution in [0.25, 0.3) is 0 Å². The van der Waals surface area contributed by atoms with Crippen molar-refractivity contribution in [1.82, 2.24) is 10.2 Å². The van der Waals surface area contributed by atoms with Crippen molar-refractivity contribution in [3.63, 3.8) is 0 Å². The van der Waals surface area contributed by atoms with Gasteiger partial charge in [0.2, 0.25) is 11.8 Å². The monoisotopic (exact) mass is 383 g/mol.